The summed E-state index contributed by atoms with van der Waals surface area (Å²) in [6, 6.07) is 7.40. The topological polar surface area (TPSA) is 53.3 Å². The normalized spacial score (nSPS) is 15.4. The Hall–Kier alpha value is -1.86. The van der Waals surface area contributed by atoms with Crippen LogP contribution in [-0.2, 0) is 4.74 Å². The van der Waals surface area contributed by atoms with Crippen LogP contribution in [0.2, 0.25) is 0 Å². The van der Waals surface area contributed by atoms with Crippen molar-refractivity contribution < 1.29 is 9.53 Å². The molecule has 1 aliphatic rings. The largest absolute Gasteiger partial charge is 0.378 e. The summed E-state index contributed by atoms with van der Waals surface area (Å²) < 4.78 is 5.20. The third kappa shape index (κ3) is 2.45. The van der Waals surface area contributed by atoms with E-state index in [2.05, 4.69) is 6.07 Å². The molecule has 0 atom stereocenters. The van der Waals surface area contributed by atoms with Gasteiger partial charge in [0.25, 0.3) is 5.91 Å². The third-order valence-electron chi connectivity index (χ3n) is 2.82. The molecule has 0 saturated carbocycles. The van der Waals surface area contributed by atoms with Crippen molar-refractivity contribution in [2.75, 3.05) is 26.3 Å². The lowest BCUT2D eigenvalue weighted by Crippen LogP contribution is -2.40. The molecule has 0 spiro atoms. The van der Waals surface area contributed by atoms with E-state index in [1.807, 2.05) is 13.0 Å². The van der Waals surface area contributed by atoms with Crippen molar-refractivity contribution in [3.63, 3.8) is 0 Å². The highest BCUT2D eigenvalue weighted by Crippen LogP contribution is 2.14. The molecule has 0 unspecified atom stereocenters. The van der Waals surface area contributed by atoms with Gasteiger partial charge in [-0.15, -0.1) is 0 Å². The number of morpholine rings is 1. The van der Waals surface area contributed by atoms with E-state index in [0.717, 1.165) is 5.56 Å². The average Bonchev–Trinajstić information content (AvgIpc) is 2.39. The van der Waals surface area contributed by atoms with Gasteiger partial charge in [0.2, 0.25) is 0 Å². The maximum absolute atomic E-state index is 12.2. The van der Waals surface area contributed by atoms with Crippen LogP contribution in [0.15, 0.2) is 18.2 Å². The van der Waals surface area contributed by atoms with E-state index >= 15 is 0 Å². The number of amides is 1. The van der Waals surface area contributed by atoms with Gasteiger partial charge in [0, 0.05) is 13.1 Å². The quantitative estimate of drug-likeness (QED) is 0.731. The fourth-order valence-corrected chi connectivity index (χ4v) is 1.87. The number of nitriles is 1. The Morgan fingerprint density at radius 1 is 1.41 bits per heavy atom. The van der Waals surface area contributed by atoms with Gasteiger partial charge in [-0.25, -0.2) is 0 Å². The first-order valence-corrected chi connectivity index (χ1v) is 5.60. The van der Waals surface area contributed by atoms with Gasteiger partial charge < -0.3 is 9.64 Å². The second-order valence-electron chi connectivity index (χ2n) is 4.07. The zero-order valence-corrected chi connectivity index (χ0v) is 9.77. The minimum atomic E-state index is -0.0788. The van der Waals surface area contributed by atoms with Gasteiger partial charge in [0.05, 0.1) is 30.4 Å². The van der Waals surface area contributed by atoms with Crippen LogP contribution < -0.4 is 0 Å². The highest BCUT2D eigenvalue weighted by atomic mass is 16.5. The number of benzene rings is 1. The molecule has 88 valence electrons. The third-order valence-corrected chi connectivity index (χ3v) is 2.82. The van der Waals surface area contributed by atoms with Gasteiger partial charge in [0.1, 0.15) is 0 Å². The smallest absolute Gasteiger partial charge is 0.255 e. The van der Waals surface area contributed by atoms with E-state index in [9.17, 15) is 4.79 Å². The number of ether oxygens (including phenoxy) is 1. The summed E-state index contributed by atoms with van der Waals surface area (Å²) in [5.74, 6) is -0.0788. The molecule has 1 aromatic rings. The number of carbonyl (C=O) groups is 1. The lowest BCUT2D eigenvalue weighted by Gasteiger charge is -2.27. The molecular formula is C13H14N2O2. The highest BCUT2D eigenvalue weighted by Gasteiger charge is 2.20. The Labute approximate surface area is 100 Å². The van der Waals surface area contributed by atoms with Crippen molar-refractivity contribution in [2.24, 2.45) is 0 Å². The van der Waals surface area contributed by atoms with Crippen LogP contribution in [-0.4, -0.2) is 37.1 Å². The molecule has 17 heavy (non-hydrogen) atoms. The number of hydrogen-bond acceptors (Lipinski definition) is 3. The van der Waals surface area contributed by atoms with Crippen LogP contribution in [0.5, 0.6) is 0 Å². The number of carbonyl (C=O) groups excluding carboxylic acids is 1. The molecule has 1 heterocycles. The summed E-state index contributed by atoms with van der Waals surface area (Å²) in [5.41, 5.74) is 1.92. The Kier molecular flexibility index (Phi) is 3.40. The Morgan fingerprint density at radius 3 is 2.76 bits per heavy atom. The molecule has 0 aromatic heterocycles. The number of nitrogens with zero attached hydrogens (tertiary/aromatic N) is 2. The molecule has 2 rings (SSSR count). The molecule has 0 bridgehead atoms. The van der Waals surface area contributed by atoms with Crippen LogP contribution in [0.1, 0.15) is 21.5 Å². The summed E-state index contributed by atoms with van der Waals surface area (Å²) in [6.07, 6.45) is 0. The highest BCUT2D eigenvalue weighted by molar-refractivity contribution is 5.96. The molecule has 1 fully saturated rings. The summed E-state index contributed by atoms with van der Waals surface area (Å²) in [5, 5.41) is 9.04. The number of rotatable bonds is 1. The fraction of sp³-hybridized carbons (Fsp3) is 0.385. The Balaban J connectivity index is 2.27. The maximum Gasteiger partial charge on any atom is 0.255 e. The van der Waals surface area contributed by atoms with Gasteiger partial charge in [-0.3, -0.25) is 4.79 Å². The van der Waals surface area contributed by atoms with Crippen LogP contribution in [0, 0.1) is 18.3 Å². The van der Waals surface area contributed by atoms with Gasteiger partial charge in [-0.2, -0.15) is 5.26 Å². The predicted octanol–water partition coefficient (Wildman–Crippen LogP) is 1.34. The van der Waals surface area contributed by atoms with Crippen molar-refractivity contribution in [2.45, 2.75) is 6.92 Å². The summed E-state index contributed by atoms with van der Waals surface area (Å²) in [6.45, 7) is 4.23. The fourth-order valence-electron chi connectivity index (χ4n) is 1.87. The van der Waals surface area contributed by atoms with Gasteiger partial charge in [-0.1, -0.05) is 6.07 Å². The summed E-state index contributed by atoms with van der Waals surface area (Å²) in [4.78, 5) is 13.9. The van der Waals surface area contributed by atoms with Crippen molar-refractivity contribution in [3.8, 4) is 6.07 Å². The molecule has 1 saturated heterocycles. The van der Waals surface area contributed by atoms with E-state index in [1.165, 1.54) is 0 Å². The molecule has 4 heteroatoms. The van der Waals surface area contributed by atoms with E-state index in [0.29, 0.717) is 37.4 Å². The second-order valence-corrected chi connectivity index (χ2v) is 4.07. The van der Waals surface area contributed by atoms with Crippen molar-refractivity contribution >= 4 is 5.91 Å². The molecule has 0 N–H and O–H groups in total. The van der Waals surface area contributed by atoms with Crippen molar-refractivity contribution in [1.82, 2.24) is 4.90 Å². The molecular weight excluding hydrogens is 216 g/mol. The monoisotopic (exact) mass is 230 g/mol. The number of hydrogen-bond donors (Lipinski definition) is 0. The Bertz CT molecular complexity index is 471. The van der Waals surface area contributed by atoms with E-state index in [1.54, 1.807) is 17.0 Å². The zero-order valence-electron chi connectivity index (χ0n) is 9.77. The van der Waals surface area contributed by atoms with Gasteiger partial charge in [-0.05, 0) is 24.6 Å². The minimum absolute atomic E-state index is 0.0788. The molecule has 1 aromatic carbocycles. The number of aryl methyl sites for hydroxylation is 1. The van der Waals surface area contributed by atoms with Crippen LogP contribution in [0.4, 0.5) is 0 Å². The summed E-state index contributed by atoms with van der Waals surface area (Å²) in [7, 11) is 0. The first-order valence-electron chi connectivity index (χ1n) is 5.60. The van der Waals surface area contributed by atoms with E-state index in [-0.39, 0.29) is 5.91 Å². The molecule has 1 aliphatic heterocycles. The standard InChI is InChI=1S/C13H14N2O2/c1-10-2-3-12(11(8-10)9-14)13(16)15-4-6-17-7-5-15/h2-3,8H,4-7H2,1H3. The maximum atomic E-state index is 12.2. The van der Waals surface area contributed by atoms with E-state index in [4.69, 9.17) is 10.00 Å². The minimum Gasteiger partial charge on any atom is -0.378 e. The first kappa shape index (κ1) is 11.6. The first-order chi connectivity index (χ1) is 8.22. The molecule has 0 aliphatic carbocycles. The van der Waals surface area contributed by atoms with Gasteiger partial charge in [0.15, 0.2) is 0 Å². The van der Waals surface area contributed by atoms with Crippen LogP contribution in [0.25, 0.3) is 0 Å². The van der Waals surface area contributed by atoms with Gasteiger partial charge >= 0.3 is 0 Å². The van der Waals surface area contributed by atoms with Crippen LogP contribution in [0.3, 0.4) is 0 Å². The van der Waals surface area contributed by atoms with Crippen LogP contribution >= 0.6 is 0 Å². The zero-order chi connectivity index (χ0) is 12.3. The SMILES string of the molecule is Cc1ccc(C(=O)N2CCOCC2)c(C#N)c1. The molecule has 4 nitrogen and oxygen atoms in total. The molecule has 1 amide bonds. The Morgan fingerprint density at radius 2 is 2.12 bits per heavy atom. The van der Waals surface area contributed by atoms with Crippen molar-refractivity contribution in [1.29, 1.82) is 5.26 Å². The van der Waals surface area contributed by atoms with E-state index < -0.39 is 0 Å². The second kappa shape index (κ2) is 4.98. The molecule has 0 radical (unpaired) electrons. The lowest BCUT2D eigenvalue weighted by molar-refractivity contribution is 0.0302. The average molecular weight is 230 g/mol. The predicted molar refractivity (Wildman–Crippen MR) is 62.6 cm³/mol. The van der Waals surface area contributed by atoms with Crippen molar-refractivity contribution in [3.05, 3.63) is 34.9 Å². The lowest BCUT2D eigenvalue weighted by atomic mass is 10.0. The summed E-state index contributed by atoms with van der Waals surface area (Å²) >= 11 is 0.